The molecule has 0 aromatic heterocycles. The van der Waals surface area contributed by atoms with Crippen molar-refractivity contribution in [2.45, 2.75) is 0 Å². The number of carbonyl (C=O) groups is 1. The number of nitro benzene ring substituents is 1. The average Bonchev–Trinajstić information content (AvgIpc) is 2.62. The summed E-state index contributed by atoms with van der Waals surface area (Å²) >= 11 is 5.96. The van der Waals surface area contributed by atoms with Gasteiger partial charge in [-0.2, -0.15) is 5.10 Å². The highest BCUT2D eigenvalue weighted by molar-refractivity contribution is 6.33. The van der Waals surface area contributed by atoms with E-state index in [1.807, 2.05) is 0 Å². The van der Waals surface area contributed by atoms with Crippen molar-refractivity contribution in [3.8, 4) is 11.5 Å². The fraction of sp³-hybridized carbons (Fsp3) is 0.125. The van der Waals surface area contributed by atoms with Gasteiger partial charge in [-0.15, -0.1) is 0 Å². The first kappa shape index (κ1) is 19.0. The second-order valence-electron chi connectivity index (χ2n) is 4.88. The highest BCUT2D eigenvalue weighted by Crippen LogP contribution is 2.33. The molecule has 0 radical (unpaired) electrons. The Morgan fingerprint density at radius 2 is 1.88 bits per heavy atom. The second kappa shape index (κ2) is 8.17. The Kier molecular flexibility index (Phi) is 5.97. The van der Waals surface area contributed by atoms with Crippen molar-refractivity contribution in [3.63, 3.8) is 0 Å². The third-order valence-corrected chi connectivity index (χ3v) is 3.65. The van der Waals surface area contributed by atoms with Gasteiger partial charge in [-0.3, -0.25) is 15.5 Å². The van der Waals surface area contributed by atoms with Crippen LogP contribution >= 0.6 is 11.6 Å². The van der Waals surface area contributed by atoms with Crippen LogP contribution in [-0.2, 0) is 0 Å². The molecule has 0 fully saturated rings. The number of ether oxygens (including phenoxy) is 2. The number of aromatic carboxylic acids is 1. The molecule has 136 valence electrons. The molecule has 0 bridgehead atoms. The topological polar surface area (TPSA) is 126 Å². The van der Waals surface area contributed by atoms with Crippen molar-refractivity contribution >= 4 is 35.2 Å². The van der Waals surface area contributed by atoms with Crippen LogP contribution in [0.15, 0.2) is 35.4 Å². The smallest absolute Gasteiger partial charge is 0.282 e. The fourth-order valence-corrected chi connectivity index (χ4v) is 2.21. The minimum Gasteiger partial charge on any atom is -0.545 e. The molecule has 0 amide bonds. The number of anilines is 1. The molecule has 10 heteroatoms. The summed E-state index contributed by atoms with van der Waals surface area (Å²) in [7, 11) is 2.76. The van der Waals surface area contributed by atoms with Crippen LogP contribution in [0.2, 0.25) is 5.02 Å². The summed E-state index contributed by atoms with van der Waals surface area (Å²) < 4.78 is 10.2. The third-order valence-electron chi connectivity index (χ3n) is 3.32. The number of nitro groups is 1. The zero-order chi connectivity index (χ0) is 19.3. The van der Waals surface area contributed by atoms with Gasteiger partial charge in [-0.25, -0.2) is 0 Å². The predicted octanol–water partition coefficient (Wildman–Crippen LogP) is 2.07. The Hall–Kier alpha value is -3.33. The van der Waals surface area contributed by atoms with Crippen LogP contribution < -0.4 is 20.0 Å². The maximum absolute atomic E-state index is 11.2. The van der Waals surface area contributed by atoms with E-state index in [1.54, 1.807) is 0 Å². The molecular formula is C16H13ClN3O6-. The van der Waals surface area contributed by atoms with Gasteiger partial charge in [-0.05, 0) is 23.8 Å². The number of carboxylic acid groups (broad SMARTS) is 1. The Bertz CT molecular complexity index is 885. The van der Waals surface area contributed by atoms with Crippen LogP contribution in [0.1, 0.15) is 15.9 Å². The highest BCUT2D eigenvalue weighted by atomic mass is 35.5. The molecule has 0 unspecified atom stereocenters. The van der Waals surface area contributed by atoms with Gasteiger partial charge >= 0.3 is 0 Å². The summed E-state index contributed by atoms with van der Waals surface area (Å²) in [4.78, 5) is 21.5. The molecule has 0 saturated carbocycles. The number of nitrogens with zero attached hydrogens (tertiary/aromatic N) is 2. The first-order valence-electron chi connectivity index (χ1n) is 7.07. The third kappa shape index (κ3) is 4.19. The molecule has 2 rings (SSSR count). The lowest BCUT2D eigenvalue weighted by atomic mass is 10.1. The molecule has 9 nitrogen and oxygen atoms in total. The Morgan fingerprint density at radius 3 is 2.46 bits per heavy atom. The van der Waals surface area contributed by atoms with Crippen LogP contribution in [0.4, 0.5) is 11.4 Å². The lowest BCUT2D eigenvalue weighted by Crippen LogP contribution is -2.22. The van der Waals surface area contributed by atoms with E-state index in [0.717, 1.165) is 0 Å². The standard InChI is InChI=1S/C16H14ClN3O6/c1-25-14-6-10(13(20(23)24)7-15(14)26-2)8-18-19-12-5-9(16(21)22)3-4-11(12)17/h3-8,19H,1-2H3,(H,21,22)/p-1/b18-8-. The van der Waals surface area contributed by atoms with Crippen LogP contribution in [0.5, 0.6) is 11.5 Å². The fourth-order valence-electron chi connectivity index (χ4n) is 2.05. The van der Waals surface area contributed by atoms with Crippen LogP contribution in [0.25, 0.3) is 0 Å². The zero-order valence-electron chi connectivity index (χ0n) is 13.7. The number of halogens is 1. The summed E-state index contributed by atoms with van der Waals surface area (Å²) in [6.45, 7) is 0. The van der Waals surface area contributed by atoms with Gasteiger partial charge in [0.1, 0.15) is 0 Å². The van der Waals surface area contributed by atoms with Gasteiger partial charge in [0.05, 0.1) is 53.7 Å². The van der Waals surface area contributed by atoms with Gasteiger partial charge in [0.2, 0.25) is 0 Å². The molecule has 26 heavy (non-hydrogen) atoms. The molecule has 0 heterocycles. The quantitative estimate of drug-likeness (QED) is 0.444. The molecular weight excluding hydrogens is 366 g/mol. The molecule has 0 aliphatic carbocycles. The summed E-state index contributed by atoms with van der Waals surface area (Å²) in [5, 5.41) is 26.2. The number of hydrogen-bond acceptors (Lipinski definition) is 8. The van der Waals surface area contributed by atoms with E-state index in [2.05, 4.69) is 10.5 Å². The number of rotatable bonds is 7. The maximum Gasteiger partial charge on any atom is 0.282 e. The van der Waals surface area contributed by atoms with Crippen molar-refractivity contribution < 1.29 is 24.3 Å². The summed E-state index contributed by atoms with van der Waals surface area (Å²) in [5.41, 5.74) is 2.55. The van der Waals surface area contributed by atoms with E-state index in [4.69, 9.17) is 21.1 Å². The largest absolute Gasteiger partial charge is 0.545 e. The SMILES string of the molecule is COc1cc(/C=N\Nc2cc(C(=O)[O-])ccc2Cl)c([N+](=O)[O-])cc1OC. The first-order valence-corrected chi connectivity index (χ1v) is 7.45. The van der Waals surface area contributed by atoms with Crippen LogP contribution in [0, 0.1) is 10.1 Å². The normalized spacial score (nSPS) is 10.6. The lowest BCUT2D eigenvalue weighted by molar-refractivity contribution is -0.385. The number of carbonyl (C=O) groups excluding carboxylic acids is 1. The van der Waals surface area contributed by atoms with Gasteiger partial charge < -0.3 is 19.4 Å². The highest BCUT2D eigenvalue weighted by Gasteiger charge is 2.18. The number of hydrazone groups is 1. The molecule has 0 saturated heterocycles. The first-order chi connectivity index (χ1) is 12.4. The Labute approximate surface area is 153 Å². The number of carboxylic acids is 1. The van der Waals surface area contributed by atoms with Crippen LogP contribution in [-0.4, -0.2) is 31.3 Å². The molecule has 0 aliphatic heterocycles. The zero-order valence-corrected chi connectivity index (χ0v) is 14.4. The summed E-state index contributed by atoms with van der Waals surface area (Å²) in [6, 6.07) is 6.48. The van der Waals surface area contributed by atoms with Crippen LogP contribution in [0.3, 0.4) is 0 Å². The van der Waals surface area contributed by atoms with Crippen molar-refractivity contribution in [2.24, 2.45) is 5.10 Å². The molecule has 2 aromatic carbocycles. The molecule has 0 atom stereocenters. The molecule has 1 N–H and O–H groups in total. The van der Waals surface area contributed by atoms with E-state index in [9.17, 15) is 20.0 Å². The van der Waals surface area contributed by atoms with Crippen molar-refractivity contribution in [2.75, 3.05) is 19.6 Å². The monoisotopic (exact) mass is 378 g/mol. The average molecular weight is 379 g/mol. The van der Waals surface area contributed by atoms with E-state index >= 15 is 0 Å². The summed E-state index contributed by atoms with van der Waals surface area (Å²) in [5.74, 6) is -0.880. The minimum absolute atomic E-state index is 0.0933. The van der Waals surface area contributed by atoms with E-state index in [1.165, 1.54) is 50.8 Å². The van der Waals surface area contributed by atoms with Crippen molar-refractivity contribution in [1.29, 1.82) is 0 Å². The van der Waals surface area contributed by atoms with Crippen molar-refractivity contribution in [3.05, 3.63) is 56.6 Å². The summed E-state index contributed by atoms with van der Waals surface area (Å²) in [6.07, 6.45) is 1.18. The van der Waals surface area contributed by atoms with Gasteiger partial charge in [-0.1, -0.05) is 17.7 Å². The van der Waals surface area contributed by atoms with E-state index < -0.39 is 10.9 Å². The number of methoxy groups -OCH3 is 2. The number of hydrogen-bond donors (Lipinski definition) is 1. The predicted molar refractivity (Wildman–Crippen MR) is 93.2 cm³/mol. The number of nitrogens with one attached hydrogen (secondary N) is 1. The molecule has 2 aromatic rings. The molecule has 0 aliphatic rings. The van der Waals surface area contributed by atoms with E-state index in [0.29, 0.717) is 0 Å². The maximum atomic E-state index is 11.2. The van der Waals surface area contributed by atoms with Crippen molar-refractivity contribution in [1.82, 2.24) is 0 Å². The van der Waals surface area contributed by atoms with Gasteiger partial charge in [0.15, 0.2) is 11.5 Å². The lowest BCUT2D eigenvalue weighted by Gasteiger charge is -2.09. The van der Waals surface area contributed by atoms with Gasteiger partial charge in [0, 0.05) is 0 Å². The molecule has 0 spiro atoms. The Morgan fingerprint density at radius 1 is 1.23 bits per heavy atom. The second-order valence-corrected chi connectivity index (χ2v) is 5.28. The minimum atomic E-state index is -1.37. The van der Waals surface area contributed by atoms with E-state index in [-0.39, 0.29) is 39.0 Å². The van der Waals surface area contributed by atoms with Gasteiger partial charge in [0.25, 0.3) is 5.69 Å². The number of benzene rings is 2. The Balaban J connectivity index is 2.34.